The summed E-state index contributed by atoms with van der Waals surface area (Å²) in [4.78, 5) is 0. The Morgan fingerprint density at radius 3 is 2.47 bits per heavy atom. The highest BCUT2D eigenvalue weighted by molar-refractivity contribution is 7.90. The van der Waals surface area contributed by atoms with Crippen LogP contribution in [0.15, 0.2) is 0 Å². The third-order valence-electron chi connectivity index (χ3n) is 3.69. The summed E-state index contributed by atoms with van der Waals surface area (Å²) in [5.74, 6) is 1.85. The largest absolute Gasteiger partial charge is 0.314 e. The van der Waals surface area contributed by atoms with Gasteiger partial charge >= 0.3 is 0 Å². The first-order chi connectivity index (χ1) is 7.88. The molecule has 0 aromatic rings. The van der Waals surface area contributed by atoms with Crippen LogP contribution in [0.3, 0.4) is 0 Å². The lowest BCUT2D eigenvalue weighted by Crippen LogP contribution is -2.30. The smallest absolute Gasteiger partial charge is 0.147 e. The molecule has 4 heteroatoms. The van der Waals surface area contributed by atoms with Crippen molar-refractivity contribution in [2.45, 2.75) is 52.0 Å². The highest BCUT2D eigenvalue weighted by atomic mass is 32.2. The summed E-state index contributed by atoms with van der Waals surface area (Å²) in [7, 11) is -2.77. The van der Waals surface area contributed by atoms with Gasteiger partial charge in [-0.1, -0.05) is 26.7 Å². The van der Waals surface area contributed by atoms with Gasteiger partial charge in [0, 0.05) is 18.1 Å². The molecule has 0 spiro atoms. The SMILES string of the molecule is CC(C)NCC1CCCC1CCCS(C)(=O)=O. The van der Waals surface area contributed by atoms with Crippen LogP contribution < -0.4 is 5.32 Å². The Morgan fingerprint density at radius 1 is 1.24 bits per heavy atom. The van der Waals surface area contributed by atoms with Gasteiger partial charge in [-0.25, -0.2) is 8.42 Å². The van der Waals surface area contributed by atoms with E-state index in [1.165, 1.54) is 25.5 Å². The number of hydrogen-bond donors (Lipinski definition) is 1. The number of nitrogens with one attached hydrogen (secondary N) is 1. The highest BCUT2D eigenvalue weighted by Crippen LogP contribution is 2.34. The second-order valence-electron chi connectivity index (χ2n) is 5.79. The summed E-state index contributed by atoms with van der Waals surface area (Å²) in [6.45, 7) is 5.45. The first kappa shape index (κ1) is 15.0. The molecule has 102 valence electrons. The molecule has 1 N–H and O–H groups in total. The van der Waals surface area contributed by atoms with E-state index >= 15 is 0 Å². The average Bonchev–Trinajstić information content (AvgIpc) is 2.60. The van der Waals surface area contributed by atoms with Crippen LogP contribution in [0.5, 0.6) is 0 Å². The Labute approximate surface area is 106 Å². The molecule has 0 heterocycles. The highest BCUT2D eigenvalue weighted by Gasteiger charge is 2.26. The number of sulfone groups is 1. The Hall–Kier alpha value is -0.0900. The number of rotatable bonds is 7. The summed E-state index contributed by atoms with van der Waals surface area (Å²) in [6, 6.07) is 0.548. The molecule has 1 rings (SSSR count). The van der Waals surface area contributed by atoms with Gasteiger partial charge in [-0.3, -0.25) is 0 Å². The van der Waals surface area contributed by atoms with E-state index in [-0.39, 0.29) is 0 Å². The Kier molecular flexibility index (Phi) is 5.93. The van der Waals surface area contributed by atoms with Gasteiger partial charge in [0.2, 0.25) is 0 Å². The summed E-state index contributed by atoms with van der Waals surface area (Å²) in [6.07, 6.45) is 7.16. The Bertz CT molecular complexity index is 311. The molecule has 17 heavy (non-hydrogen) atoms. The first-order valence-corrected chi connectivity index (χ1v) is 8.85. The topological polar surface area (TPSA) is 46.2 Å². The monoisotopic (exact) mass is 261 g/mol. The van der Waals surface area contributed by atoms with Crippen molar-refractivity contribution in [3.63, 3.8) is 0 Å². The van der Waals surface area contributed by atoms with Gasteiger partial charge in [0.1, 0.15) is 9.84 Å². The molecule has 1 saturated carbocycles. The van der Waals surface area contributed by atoms with E-state index in [1.54, 1.807) is 0 Å². The van der Waals surface area contributed by atoms with Gasteiger partial charge in [0.25, 0.3) is 0 Å². The van der Waals surface area contributed by atoms with Crippen molar-refractivity contribution in [1.29, 1.82) is 0 Å². The fourth-order valence-corrected chi connectivity index (χ4v) is 3.45. The fourth-order valence-electron chi connectivity index (χ4n) is 2.76. The van der Waals surface area contributed by atoms with Crippen LogP contribution >= 0.6 is 0 Å². The van der Waals surface area contributed by atoms with Crippen molar-refractivity contribution in [3.8, 4) is 0 Å². The molecule has 1 aliphatic rings. The van der Waals surface area contributed by atoms with Gasteiger partial charge in [0.05, 0.1) is 0 Å². The predicted octanol–water partition coefficient (Wildman–Crippen LogP) is 2.23. The minimum atomic E-state index is -2.77. The maximum atomic E-state index is 11.1. The molecule has 0 amide bonds. The standard InChI is InChI=1S/C13H27NO2S/c1-11(2)14-10-13-7-4-6-12(13)8-5-9-17(3,15)16/h11-14H,4-10H2,1-3H3. The maximum Gasteiger partial charge on any atom is 0.147 e. The van der Waals surface area contributed by atoms with E-state index in [1.807, 2.05) is 0 Å². The van der Waals surface area contributed by atoms with Gasteiger partial charge in [-0.2, -0.15) is 0 Å². The summed E-state index contributed by atoms with van der Waals surface area (Å²) in [5.41, 5.74) is 0. The van der Waals surface area contributed by atoms with Crippen molar-refractivity contribution in [3.05, 3.63) is 0 Å². The molecule has 2 unspecified atom stereocenters. The molecule has 0 radical (unpaired) electrons. The zero-order valence-corrected chi connectivity index (χ0v) is 12.2. The van der Waals surface area contributed by atoms with Gasteiger partial charge in [0.15, 0.2) is 0 Å². The normalized spacial score (nSPS) is 25.6. The third kappa shape index (κ3) is 6.41. The molecule has 1 aliphatic carbocycles. The molecule has 2 atom stereocenters. The lowest BCUT2D eigenvalue weighted by atomic mass is 9.91. The summed E-state index contributed by atoms with van der Waals surface area (Å²) >= 11 is 0. The van der Waals surface area contributed by atoms with Crippen molar-refractivity contribution in [2.75, 3.05) is 18.6 Å². The van der Waals surface area contributed by atoms with Crippen LogP contribution in [0.4, 0.5) is 0 Å². The molecule has 0 saturated heterocycles. The van der Waals surface area contributed by atoms with Crippen LogP contribution in [0, 0.1) is 11.8 Å². The minimum absolute atomic E-state index is 0.355. The van der Waals surface area contributed by atoms with Gasteiger partial charge in [-0.05, 0) is 37.6 Å². The molecule has 0 aromatic heterocycles. The molecule has 3 nitrogen and oxygen atoms in total. The van der Waals surface area contributed by atoms with Gasteiger partial charge < -0.3 is 5.32 Å². The first-order valence-electron chi connectivity index (χ1n) is 6.79. The average molecular weight is 261 g/mol. The quantitative estimate of drug-likeness (QED) is 0.764. The third-order valence-corrected chi connectivity index (χ3v) is 4.73. The van der Waals surface area contributed by atoms with E-state index < -0.39 is 9.84 Å². The Balaban J connectivity index is 2.26. The number of hydrogen-bond acceptors (Lipinski definition) is 3. The molecule has 0 bridgehead atoms. The Morgan fingerprint density at radius 2 is 1.88 bits per heavy atom. The molecular formula is C13H27NO2S. The summed E-state index contributed by atoms with van der Waals surface area (Å²) < 4.78 is 22.2. The molecule has 0 aliphatic heterocycles. The van der Waals surface area contributed by atoms with Crippen molar-refractivity contribution < 1.29 is 8.42 Å². The van der Waals surface area contributed by atoms with Crippen LogP contribution in [-0.2, 0) is 9.84 Å². The van der Waals surface area contributed by atoms with Crippen LogP contribution in [0.1, 0.15) is 46.0 Å². The summed E-state index contributed by atoms with van der Waals surface area (Å²) in [5, 5.41) is 3.51. The van der Waals surface area contributed by atoms with E-state index in [2.05, 4.69) is 19.2 Å². The van der Waals surface area contributed by atoms with E-state index in [0.717, 1.165) is 31.2 Å². The lowest BCUT2D eigenvalue weighted by Gasteiger charge is -2.21. The van der Waals surface area contributed by atoms with Crippen molar-refractivity contribution in [2.24, 2.45) is 11.8 Å². The second-order valence-corrected chi connectivity index (χ2v) is 8.05. The maximum absolute atomic E-state index is 11.1. The van der Waals surface area contributed by atoms with Crippen LogP contribution in [0.25, 0.3) is 0 Å². The van der Waals surface area contributed by atoms with E-state index in [4.69, 9.17) is 0 Å². The lowest BCUT2D eigenvalue weighted by molar-refractivity contribution is 0.336. The fraction of sp³-hybridized carbons (Fsp3) is 1.00. The molecular weight excluding hydrogens is 234 g/mol. The van der Waals surface area contributed by atoms with E-state index in [9.17, 15) is 8.42 Å². The van der Waals surface area contributed by atoms with Gasteiger partial charge in [-0.15, -0.1) is 0 Å². The predicted molar refractivity (Wildman–Crippen MR) is 72.9 cm³/mol. The zero-order valence-electron chi connectivity index (χ0n) is 11.4. The van der Waals surface area contributed by atoms with Crippen molar-refractivity contribution in [1.82, 2.24) is 5.32 Å². The van der Waals surface area contributed by atoms with Crippen LogP contribution in [0.2, 0.25) is 0 Å². The minimum Gasteiger partial charge on any atom is -0.314 e. The zero-order chi connectivity index (χ0) is 12.9. The van der Waals surface area contributed by atoms with Crippen LogP contribution in [-0.4, -0.2) is 33.0 Å². The molecule has 0 aromatic carbocycles. The van der Waals surface area contributed by atoms with E-state index in [0.29, 0.717) is 11.8 Å². The van der Waals surface area contributed by atoms with Crippen molar-refractivity contribution >= 4 is 9.84 Å². The molecule has 1 fully saturated rings. The second kappa shape index (κ2) is 6.74.